The predicted octanol–water partition coefficient (Wildman–Crippen LogP) is 4.00. The summed E-state index contributed by atoms with van der Waals surface area (Å²) < 4.78 is 7.38. The lowest BCUT2D eigenvalue weighted by atomic mass is 10.2. The number of ether oxygens (including phenoxy) is 1. The van der Waals surface area contributed by atoms with Crippen LogP contribution in [0.2, 0.25) is 0 Å². The number of nitriles is 1. The maximum absolute atomic E-state index is 8.92. The molecule has 0 aliphatic rings. The molecule has 0 radical (unpaired) electrons. The Morgan fingerprint density at radius 1 is 1.33 bits per heavy atom. The predicted molar refractivity (Wildman–Crippen MR) is 79.5 cm³/mol. The highest BCUT2D eigenvalue weighted by atomic mass is 79.9. The van der Waals surface area contributed by atoms with Gasteiger partial charge >= 0.3 is 0 Å². The first-order valence-electron chi connectivity index (χ1n) is 5.87. The Morgan fingerprint density at radius 3 is 2.39 bits per heavy atom. The van der Waals surface area contributed by atoms with Crippen molar-refractivity contribution in [2.24, 2.45) is 0 Å². The van der Waals surface area contributed by atoms with Gasteiger partial charge in [0.15, 0.2) is 6.10 Å². The molecule has 1 atom stereocenters. The Bertz CT molecular complexity index is 420. The van der Waals surface area contributed by atoms with Gasteiger partial charge in [0.2, 0.25) is 0 Å². The fourth-order valence-corrected chi connectivity index (χ4v) is 2.91. The first kappa shape index (κ1) is 15.5. The summed E-state index contributed by atoms with van der Waals surface area (Å²) in [6.07, 6.45) is 0.242. The molecule has 3 nitrogen and oxygen atoms in total. The first-order valence-corrected chi connectivity index (χ1v) is 7.45. The normalized spacial score (nSPS) is 11.9. The summed E-state index contributed by atoms with van der Waals surface area (Å²) in [6, 6.07) is 6.14. The molecule has 1 aromatic rings. The molecule has 1 rings (SSSR count). The van der Waals surface area contributed by atoms with Crippen LogP contribution in [0.25, 0.3) is 0 Å². The van der Waals surface area contributed by atoms with E-state index in [1.54, 1.807) is 0 Å². The molecule has 0 amide bonds. The van der Waals surface area contributed by atoms with Crippen LogP contribution in [0.4, 0.5) is 0 Å². The van der Waals surface area contributed by atoms with Crippen LogP contribution in [0.3, 0.4) is 0 Å². The van der Waals surface area contributed by atoms with Gasteiger partial charge in [-0.1, -0.05) is 13.8 Å². The van der Waals surface area contributed by atoms with Gasteiger partial charge in [-0.25, -0.2) is 0 Å². The third kappa shape index (κ3) is 4.27. The molecule has 0 aliphatic heterocycles. The zero-order valence-electron chi connectivity index (χ0n) is 10.5. The topological polar surface area (TPSA) is 45.0 Å². The largest absolute Gasteiger partial charge is 0.473 e. The summed E-state index contributed by atoms with van der Waals surface area (Å²) in [5.74, 6) is 0.684. The van der Waals surface area contributed by atoms with Crippen molar-refractivity contribution in [3.05, 3.63) is 26.6 Å². The second-order valence-electron chi connectivity index (χ2n) is 3.81. The Labute approximate surface area is 125 Å². The third-order valence-corrected chi connectivity index (χ3v) is 3.59. The molecule has 0 fully saturated rings. The van der Waals surface area contributed by atoms with Crippen LogP contribution in [-0.4, -0.2) is 12.6 Å². The average Bonchev–Trinajstić information content (AvgIpc) is 2.36. The first-order chi connectivity index (χ1) is 8.62. The fraction of sp³-hybridized carbons (Fsp3) is 0.462. The Kier molecular flexibility index (Phi) is 6.69. The fourth-order valence-electron chi connectivity index (χ4n) is 1.44. The van der Waals surface area contributed by atoms with E-state index in [1.165, 1.54) is 0 Å². The van der Waals surface area contributed by atoms with Crippen molar-refractivity contribution < 1.29 is 4.74 Å². The van der Waals surface area contributed by atoms with Gasteiger partial charge in [0.25, 0.3) is 0 Å². The minimum Gasteiger partial charge on any atom is -0.473 e. The van der Waals surface area contributed by atoms with Gasteiger partial charge in [-0.3, -0.25) is 0 Å². The molecule has 5 heteroatoms. The van der Waals surface area contributed by atoms with Crippen molar-refractivity contribution in [2.45, 2.75) is 32.9 Å². The summed E-state index contributed by atoms with van der Waals surface area (Å²) >= 11 is 6.97. The zero-order chi connectivity index (χ0) is 13.5. The smallest absolute Gasteiger partial charge is 0.184 e. The molecular formula is C13H16Br2N2O. The zero-order valence-corrected chi connectivity index (χ0v) is 13.6. The van der Waals surface area contributed by atoms with Crippen molar-refractivity contribution in [1.29, 1.82) is 5.26 Å². The second kappa shape index (κ2) is 7.78. The van der Waals surface area contributed by atoms with E-state index in [-0.39, 0.29) is 0 Å². The van der Waals surface area contributed by atoms with E-state index in [0.29, 0.717) is 12.2 Å². The van der Waals surface area contributed by atoms with Crippen LogP contribution in [0.5, 0.6) is 5.75 Å². The molecule has 0 heterocycles. The summed E-state index contributed by atoms with van der Waals surface area (Å²) in [5, 5.41) is 12.2. The standard InChI is InChI=1S/C13H16Br2N2O/c1-3-10(7-16)18-13-11(14)5-9(6-12(13)15)8-17-4-2/h5-6,10,17H,3-4,8H2,1-2H3. The van der Waals surface area contributed by atoms with Gasteiger partial charge in [0.1, 0.15) is 11.8 Å². The lowest BCUT2D eigenvalue weighted by Crippen LogP contribution is -2.14. The van der Waals surface area contributed by atoms with E-state index in [4.69, 9.17) is 10.00 Å². The molecule has 18 heavy (non-hydrogen) atoms. The molecule has 0 aromatic heterocycles. The summed E-state index contributed by atoms with van der Waals surface area (Å²) in [7, 11) is 0. The highest BCUT2D eigenvalue weighted by Gasteiger charge is 2.13. The molecule has 0 aliphatic carbocycles. The van der Waals surface area contributed by atoms with E-state index >= 15 is 0 Å². The molecule has 1 unspecified atom stereocenters. The third-order valence-electron chi connectivity index (χ3n) is 2.41. The van der Waals surface area contributed by atoms with Crippen molar-refractivity contribution in [1.82, 2.24) is 5.32 Å². The van der Waals surface area contributed by atoms with Crippen LogP contribution < -0.4 is 10.1 Å². The molecule has 0 saturated heterocycles. The molecule has 0 saturated carbocycles. The number of nitrogens with one attached hydrogen (secondary N) is 1. The summed E-state index contributed by atoms with van der Waals surface area (Å²) in [6.45, 7) is 5.73. The van der Waals surface area contributed by atoms with E-state index in [1.807, 2.05) is 19.1 Å². The van der Waals surface area contributed by atoms with Crippen LogP contribution in [0.1, 0.15) is 25.8 Å². The minimum atomic E-state index is -0.419. The Balaban J connectivity index is 2.91. The van der Waals surface area contributed by atoms with Crippen LogP contribution in [-0.2, 0) is 6.54 Å². The Hall–Kier alpha value is -0.570. The lowest BCUT2D eigenvalue weighted by Gasteiger charge is -2.15. The van der Waals surface area contributed by atoms with Crippen molar-refractivity contribution in [2.75, 3.05) is 6.54 Å². The molecule has 0 bridgehead atoms. The molecule has 1 N–H and O–H groups in total. The highest BCUT2D eigenvalue weighted by Crippen LogP contribution is 2.35. The number of halogens is 2. The molecule has 0 spiro atoms. The van der Waals surface area contributed by atoms with Gasteiger partial charge in [-0.05, 0) is 62.5 Å². The Morgan fingerprint density at radius 2 is 1.94 bits per heavy atom. The van der Waals surface area contributed by atoms with Gasteiger partial charge in [0, 0.05) is 6.54 Å². The maximum Gasteiger partial charge on any atom is 0.184 e. The number of hydrogen-bond acceptors (Lipinski definition) is 3. The summed E-state index contributed by atoms with van der Waals surface area (Å²) in [4.78, 5) is 0. The lowest BCUT2D eigenvalue weighted by molar-refractivity contribution is 0.248. The molecule has 98 valence electrons. The number of hydrogen-bond donors (Lipinski definition) is 1. The maximum atomic E-state index is 8.92. The average molecular weight is 376 g/mol. The van der Waals surface area contributed by atoms with Crippen molar-refractivity contribution >= 4 is 31.9 Å². The van der Waals surface area contributed by atoms with Gasteiger partial charge in [0.05, 0.1) is 8.95 Å². The summed E-state index contributed by atoms with van der Waals surface area (Å²) in [5.41, 5.74) is 1.16. The van der Waals surface area contributed by atoms with E-state index in [9.17, 15) is 0 Å². The SMILES string of the molecule is CCNCc1cc(Br)c(OC(C#N)CC)c(Br)c1. The van der Waals surface area contributed by atoms with Crippen LogP contribution >= 0.6 is 31.9 Å². The molecule has 1 aromatic carbocycles. The van der Waals surface area contributed by atoms with E-state index < -0.39 is 6.10 Å². The quantitative estimate of drug-likeness (QED) is 0.817. The van der Waals surface area contributed by atoms with Gasteiger partial charge in [-0.15, -0.1) is 0 Å². The number of benzene rings is 1. The monoisotopic (exact) mass is 374 g/mol. The van der Waals surface area contributed by atoms with Crippen molar-refractivity contribution in [3.63, 3.8) is 0 Å². The highest BCUT2D eigenvalue weighted by molar-refractivity contribution is 9.11. The second-order valence-corrected chi connectivity index (χ2v) is 5.52. The van der Waals surface area contributed by atoms with Gasteiger partial charge in [-0.2, -0.15) is 5.26 Å². The van der Waals surface area contributed by atoms with E-state index in [0.717, 1.165) is 27.6 Å². The van der Waals surface area contributed by atoms with Crippen LogP contribution in [0, 0.1) is 11.3 Å². The van der Waals surface area contributed by atoms with E-state index in [2.05, 4.69) is 50.2 Å². The molecular weight excluding hydrogens is 360 g/mol. The van der Waals surface area contributed by atoms with Crippen molar-refractivity contribution in [3.8, 4) is 11.8 Å². The van der Waals surface area contributed by atoms with Gasteiger partial charge < -0.3 is 10.1 Å². The number of nitrogens with zero attached hydrogens (tertiary/aromatic N) is 1. The number of rotatable bonds is 6. The van der Waals surface area contributed by atoms with Crippen LogP contribution in [0.15, 0.2) is 21.1 Å². The minimum absolute atomic E-state index is 0.419.